The van der Waals surface area contributed by atoms with Crippen LogP contribution >= 0.6 is 0 Å². The third-order valence-corrected chi connectivity index (χ3v) is 5.11. The lowest BCUT2D eigenvalue weighted by Gasteiger charge is -2.31. The molecule has 2 rings (SSSR count). The monoisotopic (exact) mass is 346 g/mol. The van der Waals surface area contributed by atoms with Gasteiger partial charge in [-0.15, -0.1) is 0 Å². The molecule has 0 saturated carbocycles. The van der Waals surface area contributed by atoms with Crippen molar-refractivity contribution < 1.29 is 14.6 Å². The summed E-state index contributed by atoms with van der Waals surface area (Å²) in [4.78, 5) is 0. The summed E-state index contributed by atoms with van der Waals surface area (Å²) in [7, 11) is 0. The van der Waals surface area contributed by atoms with Crippen LogP contribution in [-0.2, 0) is 16.1 Å². The zero-order chi connectivity index (χ0) is 18.3. The number of unbranched alkanes of at least 4 members (excludes halogenated alkanes) is 1. The molecule has 1 aliphatic carbocycles. The summed E-state index contributed by atoms with van der Waals surface area (Å²) in [6.45, 7) is 10.3. The van der Waals surface area contributed by atoms with E-state index in [1.165, 1.54) is 5.56 Å². The molecule has 0 saturated heterocycles. The van der Waals surface area contributed by atoms with Crippen LogP contribution in [0.1, 0.15) is 58.9 Å². The lowest BCUT2D eigenvalue weighted by molar-refractivity contribution is -0.0294. The van der Waals surface area contributed by atoms with Crippen molar-refractivity contribution in [3.8, 4) is 0 Å². The van der Waals surface area contributed by atoms with Gasteiger partial charge >= 0.3 is 0 Å². The van der Waals surface area contributed by atoms with Crippen LogP contribution in [0.25, 0.3) is 0 Å². The van der Waals surface area contributed by atoms with Gasteiger partial charge in [0.2, 0.25) is 0 Å². The molecule has 1 aliphatic rings. The summed E-state index contributed by atoms with van der Waals surface area (Å²) in [6, 6.07) is 10.2. The molecule has 0 spiro atoms. The molecule has 0 bridgehead atoms. The van der Waals surface area contributed by atoms with Crippen LogP contribution in [0, 0.1) is 11.8 Å². The Kier molecular flexibility index (Phi) is 7.52. The number of aliphatic hydroxyl groups is 1. The van der Waals surface area contributed by atoms with Crippen LogP contribution in [0.4, 0.5) is 0 Å². The van der Waals surface area contributed by atoms with Crippen LogP contribution in [0.3, 0.4) is 0 Å². The molecule has 0 amide bonds. The SMILES string of the molecule is CCCCC1(O)C(C)=C(OCC(C)C)CC1COCc1ccccc1. The van der Waals surface area contributed by atoms with E-state index in [2.05, 4.69) is 32.9 Å². The van der Waals surface area contributed by atoms with Crippen LogP contribution in [-0.4, -0.2) is 23.9 Å². The highest BCUT2D eigenvalue weighted by Crippen LogP contribution is 2.44. The molecule has 1 aromatic rings. The van der Waals surface area contributed by atoms with Gasteiger partial charge in [0.1, 0.15) is 0 Å². The summed E-state index contributed by atoms with van der Waals surface area (Å²) in [5.41, 5.74) is 1.38. The summed E-state index contributed by atoms with van der Waals surface area (Å²) in [5, 5.41) is 11.4. The number of benzene rings is 1. The van der Waals surface area contributed by atoms with Gasteiger partial charge in [-0.05, 0) is 30.4 Å². The topological polar surface area (TPSA) is 38.7 Å². The summed E-state index contributed by atoms with van der Waals surface area (Å²) in [5.74, 6) is 1.53. The predicted molar refractivity (Wildman–Crippen MR) is 102 cm³/mol. The van der Waals surface area contributed by atoms with Crippen molar-refractivity contribution in [2.24, 2.45) is 11.8 Å². The Hall–Kier alpha value is -1.32. The number of ether oxygens (including phenoxy) is 2. The van der Waals surface area contributed by atoms with Crippen molar-refractivity contribution in [3.05, 3.63) is 47.2 Å². The molecule has 0 radical (unpaired) electrons. The lowest BCUT2D eigenvalue weighted by atomic mass is 9.82. The molecular formula is C22H34O3. The summed E-state index contributed by atoms with van der Waals surface area (Å²) in [6.07, 6.45) is 3.65. The lowest BCUT2D eigenvalue weighted by Crippen LogP contribution is -2.38. The highest BCUT2D eigenvalue weighted by atomic mass is 16.5. The third-order valence-electron chi connectivity index (χ3n) is 5.11. The third kappa shape index (κ3) is 5.32. The van der Waals surface area contributed by atoms with E-state index >= 15 is 0 Å². The number of hydrogen-bond acceptors (Lipinski definition) is 3. The average molecular weight is 347 g/mol. The second kappa shape index (κ2) is 9.40. The first-order valence-corrected chi connectivity index (χ1v) is 9.64. The molecule has 0 heterocycles. The Morgan fingerprint density at radius 1 is 1.24 bits per heavy atom. The van der Waals surface area contributed by atoms with Crippen molar-refractivity contribution >= 4 is 0 Å². The van der Waals surface area contributed by atoms with Gasteiger partial charge in [0.15, 0.2) is 0 Å². The van der Waals surface area contributed by atoms with E-state index in [1.807, 2.05) is 25.1 Å². The molecule has 25 heavy (non-hydrogen) atoms. The Bertz CT molecular complexity index is 550. The standard InChI is InChI=1S/C22H34O3/c1-5-6-12-22(23)18(4)21(25-14-17(2)3)13-20(22)16-24-15-19-10-8-7-9-11-19/h7-11,17,20,23H,5-6,12-16H2,1-4H3. The maximum absolute atomic E-state index is 11.4. The maximum Gasteiger partial charge on any atom is 0.0982 e. The first-order chi connectivity index (χ1) is 12.0. The first-order valence-electron chi connectivity index (χ1n) is 9.64. The Labute approximate surface area is 153 Å². The second-order valence-electron chi connectivity index (χ2n) is 7.68. The number of hydrogen-bond donors (Lipinski definition) is 1. The van der Waals surface area contributed by atoms with Crippen molar-refractivity contribution in [1.82, 2.24) is 0 Å². The second-order valence-corrected chi connectivity index (χ2v) is 7.68. The summed E-state index contributed by atoms with van der Waals surface area (Å²) >= 11 is 0. The molecule has 3 heteroatoms. The zero-order valence-electron chi connectivity index (χ0n) is 16.3. The van der Waals surface area contributed by atoms with Crippen LogP contribution in [0.15, 0.2) is 41.7 Å². The molecule has 1 N–H and O–H groups in total. The van der Waals surface area contributed by atoms with Crippen LogP contribution in [0.2, 0.25) is 0 Å². The Morgan fingerprint density at radius 2 is 1.96 bits per heavy atom. The quantitative estimate of drug-likeness (QED) is 0.641. The van der Waals surface area contributed by atoms with Crippen molar-refractivity contribution in [3.63, 3.8) is 0 Å². The molecule has 1 aromatic carbocycles. The van der Waals surface area contributed by atoms with Gasteiger partial charge in [0, 0.05) is 12.3 Å². The van der Waals surface area contributed by atoms with E-state index in [0.29, 0.717) is 25.7 Å². The first kappa shape index (κ1) is 20.0. The minimum Gasteiger partial charge on any atom is -0.498 e. The fraction of sp³-hybridized carbons (Fsp3) is 0.636. The molecule has 3 nitrogen and oxygen atoms in total. The minimum absolute atomic E-state index is 0.0740. The van der Waals surface area contributed by atoms with Gasteiger partial charge in [-0.25, -0.2) is 0 Å². The van der Waals surface area contributed by atoms with Crippen molar-refractivity contribution in [2.45, 2.75) is 65.6 Å². The normalized spacial score (nSPS) is 23.5. The van der Waals surface area contributed by atoms with E-state index in [-0.39, 0.29) is 5.92 Å². The fourth-order valence-corrected chi connectivity index (χ4v) is 3.46. The molecular weight excluding hydrogens is 312 g/mol. The molecule has 2 atom stereocenters. The number of allylic oxidation sites excluding steroid dienone is 1. The minimum atomic E-state index is -0.793. The molecule has 0 aliphatic heterocycles. The number of rotatable bonds is 10. The van der Waals surface area contributed by atoms with E-state index in [1.54, 1.807) is 0 Å². The summed E-state index contributed by atoms with van der Waals surface area (Å²) < 4.78 is 12.0. The highest BCUT2D eigenvalue weighted by molar-refractivity contribution is 5.28. The van der Waals surface area contributed by atoms with Gasteiger partial charge in [-0.3, -0.25) is 0 Å². The average Bonchev–Trinajstić information content (AvgIpc) is 2.84. The Morgan fingerprint density at radius 3 is 2.60 bits per heavy atom. The fourth-order valence-electron chi connectivity index (χ4n) is 3.46. The van der Waals surface area contributed by atoms with E-state index in [0.717, 1.165) is 37.0 Å². The van der Waals surface area contributed by atoms with E-state index in [4.69, 9.17) is 9.47 Å². The van der Waals surface area contributed by atoms with Gasteiger partial charge in [0.05, 0.1) is 31.2 Å². The maximum atomic E-state index is 11.4. The van der Waals surface area contributed by atoms with Crippen LogP contribution in [0.5, 0.6) is 0 Å². The van der Waals surface area contributed by atoms with Gasteiger partial charge < -0.3 is 14.6 Å². The van der Waals surface area contributed by atoms with Crippen molar-refractivity contribution in [2.75, 3.05) is 13.2 Å². The van der Waals surface area contributed by atoms with E-state index < -0.39 is 5.60 Å². The molecule has 0 fully saturated rings. The smallest absolute Gasteiger partial charge is 0.0982 e. The van der Waals surface area contributed by atoms with Crippen LogP contribution < -0.4 is 0 Å². The molecule has 140 valence electrons. The van der Waals surface area contributed by atoms with Gasteiger partial charge in [-0.1, -0.05) is 63.9 Å². The zero-order valence-corrected chi connectivity index (χ0v) is 16.3. The van der Waals surface area contributed by atoms with Gasteiger partial charge in [0.25, 0.3) is 0 Å². The van der Waals surface area contributed by atoms with Crippen molar-refractivity contribution in [1.29, 1.82) is 0 Å². The largest absolute Gasteiger partial charge is 0.498 e. The Balaban J connectivity index is 2.00. The van der Waals surface area contributed by atoms with Gasteiger partial charge in [-0.2, -0.15) is 0 Å². The highest BCUT2D eigenvalue weighted by Gasteiger charge is 2.45. The van der Waals surface area contributed by atoms with E-state index in [9.17, 15) is 5.11 Å². The molecule has 0 aromatic heterocycles. The predicted octanol–water partition coefficient (Wildman–Crippen LogP) is 5.09. The molecule has 2 unspecified atom stereocenters.